The molecule has 0 radical (unpaired) electrons. The molecule has 0 saturated heterocycles. The van der Waals surface area contributed by atoms with E-state index in [4.69, 9.17) is 0 Å². The van der Waals surface area contributed by atoms with Crippen LogP contribution in [0.1, 0.15) is 68.2 Å². The van der Waals surface area contributed by atoms with Gasteiger partial charge in [-0.3, -0.25) is 20.0 Å². The number of hydrogen-bond donors (Lipinski definition) is 0. The Bertz CT molecular complexity index is 354. The molecule has 0 atom stereocenters. The number of allylic oxidation sites excluding steroid dienone is 2. The molecule has 0 saturated carbocycles. The summed E-state index contributed by atoms with van der Waals surface area (Å²) in [5.41, 5.74) is 0. The molecule has 0 amide bonds. The van der Waals surface area contributed by atoms with Crippen LogP contribution < -0.4 is 0 Å². The zero-order valence-corrected chi connectivity index (χ0v) is 29.6. The van der Waals surface area contributed by atoms with Gasteiger partial charge < -0.3 is 44.6 Å². The van der Waals surface area contributed by atoms with Gasteiger partial charge in [0.2, 0.25) is 0 Å². The molecular weight excluding hydrogens is 782 g/mol. The molecule has 6 heteroatoms. The summed E-state index contributed by atoms with van der Waals surface area (Å²) >= 11 is 0. The summed E-state index contributed by atoms with van der Waals surface area (Å²) in [6, 6.07) is 1.49. The van der Waals surface area contributed by atoms with Crippen LogP contribution in [-0.4, -0.2) is 49.0 Å². The Labute approximate surface area is 248 Å². The maximum absolute atomic E-state index is 4.12. The van der Waals surface area contributed by atoms with Gasteiger partial charge in [0.15, 0.2) is 0 Å². The number of aliphatic imine (C=N–C) groups is 4. The Morgan fingerprint density at radius 1 is 0.471 bits per heavy atom. The molecule has 0 N–H and O–H groups in total. The van der Waals surface area contributed by atoms with Crippen LogP contribution in [0.25, 0.3) is 0 Å². The first-order valence-electron chi connectivity index (χ1n) is 9.48. The normalized spacial score (nSPS) is 8.94. The molecule has 212 valence electrons. The van der Waals surface area contributed by atoms with Gasteiger partial charge in [0.1, 0.15) is 0 Å². The average molecular weight is 843 g/mol. The molecule has 0 aromatic heterocycles. The third kappa shape index (κ3) is 108. The summed E-state index contributed by atoms with van der Waals surface area (Å²) in [5.74, 6) is 0. The molecule has 0 rings (SSSR count). The van der Waals surface area contributed by atoms with E-state index in [9.17, 15) is 0 Å². The zero-order chi connectivity index (χ0) is 20.8. The quantitative estimate of drug-likeness (QED) is 0.0967. The fourth-order valence-corrected chi connectivity index (χ4v) is 1.08. The van der Waals surface area contributed by atoms with Crippen molar-refractivity contribution in [2.24, 2.45) is 20.0 Å². The minimum Gasteiger partial charge on any atom is -0.358 e. The molecule has 0 aromatic carbocycles. The number of hydrogen-bond acceptors (Lipinski definition) is 4. The fraction of sp³-hybridized carbons (Fsp3) is 0.500. The summed E-state index contributed by atoms with van der Waals surface area (Å²) in [6.07, 6.45) is 12.9. The Balaban J connectivity index is -0.0000000237. The molecular formula is C28H60N4Pt2. The Kier molecular flexibility index (Phi) is 120. The van der Waals surface area contributed by atoms with Crippen molar-refractivity contribution in [3.8, 4) is 0 Å². The first-order chi connectivity index (χ1) is 12.2. The van der Waals surface area contributed by atoms with Gasteiger partial charge >= 0.3 is 42.1 Å². The van der Waals surface area contributed by atoms with Gasteiger partial charge in [0, 0.05) is 49.0 Å². The van der Waals surface area contributed by atoms with Crippen LogP contribution in [0, 0.1) is 44.6 Å². The van der Waals surface area contributed by atoms with Gasteiger partial charge in [-0.15, -0.1) is 13.2 Å². The van der Waals surface area contributed by atoms with E-state index in [-0.39, 0.29) is 86.7 Å². The topological polar surface area (TPSA) is 49.4 Å². The minimum absolute atomic E-state index is 0. The summed E-state index contributed by atoms with van der Waals surface area (Å²) < 4.78 is 0. The standard InChI is InChI=1S/2C8H16N2.C6H10.6CH3.2Pt/c2*1-7(2)9-5-6-10-8(3)4;1-3-5-6-4-2;;;;;;;;/h2*5-8H,1-4H3;3-4H,1-2,5-6H2;6*1H3;;/q;;;6*-1;+2;+4. The molecule has 0 spiro atoms. The van der Waals surface area contributed by atoms with Gasteiger partial charge in [0.05, 0.1) is 0 Å². The third-order valence-electron chi connectivity index (χ3n) is 2.25. The van der Waals surface area contributed by atoms with Crippen molar-refractivity contribution >= 4 is 24.9 Å². The number of unbranched alkanes of at least 4 members (excludes halogenated alkanes) is 1. The summed E-state index contributed by atoms with van der Waals surface area (Å²) in [6.45, 7) is 23.4. The second-order valence-electron chi connectivity index (χ2n) is 6.72. The van der Waals surface area contributed by atoms with Crippen LogP contribution in [0.2, 0.25) is 0 Å². The monoisotopic (exact) mass is 842 g/mol. The molecule has 0 unspecified atom stereocenters. The van der Waals surface area contributed by atoms with Crippen molar-refractivity contribution in [3.63, 3.8) is 0 Å². The second-order valence-corrected chi connectivity index (χ2v) is 6.72. The summed E-state index contributed by atoms with van der Waals surface area (Å²) in [7, 11) is 0. The van der Waals surface area contributed by atoms with Gasteiger partial charge in [-0.25, -0.2) is 0 Å². The molecule has 0 bridgehead atoms. The molecule has 0 heterocycles. The van der Waals surface area contributed by atoms with Crippen molar-refractivity contribution in [1.29, 1.82) is 0 Å². The molecule has 0 aromatic rings. The van der Waals surface area contributed by atoms with E-state index in [1.807, 2.05) is 67.5 Å². The van der Waals surface area contributed by atoms with Crippen LogP contribution in [0.3, 0.4) is 0 Å². The van der Waals surface area contributed by atoms with Gasteiger partial charge in [-0.1, -0.05) is 12.2 Å². The van der Waals surface area contributed by atoms with E-state index >= 15 is 0 Å². The van der Waals surface area contributed by atoms with E-state index in [2.05, 4.69) is 33.1 Å². The van der Waals surface area contributed by atoms with E-state index < -0.39 is 0 Å². The van der Waals surface area contributed by atoms with Gasteiger partial charge in [-0.05, 0) is 68.2 Å². The maximum Gasteiger partial charge on any atom is 4.00 e. The van der Waals surface area contributed by atoms with Crippen molar-refractivity contribution in [1.82, 2.24) is 0 Å². The minimum atomic E-state index is 0. The molecule has 34 heavy (non-hydrogen) atoms. The summed E-state index contributed by atoms with van der Waals surface area (Å²) in [4.78, 5) is 16.5. The first-order valence-corrected chi connectivity index (χ1v) is 9.48. The fourth-order valence-electron chi connectivity index (χ4n) is 1.08. The Hall–Kier alpha value is -0.463. The van der Waals surface area contributed by atoms with Crippen LogP contribution in [0.5, 0.6) is 0 Å². The molecule has 0 fully saturated rings. The van der Waals surface area contributed by atoms with Crippen molar-refractivity contribution < 1.29 is 42.1 Å². The van der Waals surface area contributed by atoms with E-state index in [0.29, 0.717) is 24.2 Å². The Morgan fingerprint density at radius 2 is 0.618 bits per heavy atom. The van der Waals surface area contributed by atoms with Gasteiger partial charge in [-0.2, -0.15) is 0 Å². The maximum atomic E-state index is 4.12. The van der Waals surface area contributed by atoms with Crippen LogP contribution in [0.4, 0.5) is 0 Å². The van der Waals surface area contributed by atoms with E-state index in [1.165, 1.54) is 0 Å². The second kappa shape index (κ2) is 58.4. The first kappa shape index (κ1) is 69.9. The van der Waals surface area contributed by atoms with Crippen molar-refractivity contribution in [2.45, 2.75) is 92.4 Å². The summed E-state index contributed by atoms with van der Waals surface area (Å²) in [5, 5.41) is 0. The van der Waals surface area contributed by atoms with Crippen molar-refractivity contribution in [3.05, 3.63) is 69.9 Å². The van der Waals surface area contributed by atoms with E-state index in [1.54, 1.807) is 24.9 Å². The molecule has 4 nitrogen and oxygen atoms in total. The SMILES string of the molecule is C=CCCC=C.CC(C)N=CC=NC(C)C.CC(C)N=CC=NC(C)C.[CH3-].[CH3-].[CH3-].[CH3-].[CH3-].[CH3-].[Pt+2].[Pt+4]. The van der Waals surface area contributed by atoms with Gasteiger partial charge in [0.25, 0.3) is 0 Å². The van der Waals surface area contributed by atoms with Crippen LogP contribution in [0.15, 0.2) is 45.3 Å². The largest absolute Gasteiger partial charge is 4.00 e. The predicted octanol–water partition coefficient (Wildman–Crippen LogP) is 8.72. The average Bonchev–Trinajstić information content (AvgIpc) is 2.54. The van der Waals surface area contributed by atoms with Crippen molar-refractivity contribution in [2.75, 3.05) is 0 Å². The molecule has 0 aliphatic rings. The predicted molar refractivity (Wildman–Crippen MR) is 163 cm³/mol. The number of nitrogens with zero attached hydrogens (tertiary/aromatic N) is 4. The molecule has 0 aliphatic heterocycles. The van der Waals surface area contributed by atoms with Crippen LogP contribution >= 0.6 is 0 Å². The third-order valence-corrected chi connectivity index (χ3v) is 2.25. The number of rotatable bonds is 9. The molecule has 0 aliphatic carbocycles. The Morgan fingerprint density at radius 3 is 0.706 bits per heavy atom. The van der Waals surface area contributed by atoms with Crippen LogP contribution in [-0.2, 0) is 42.1 Å². The smallest absolute Gasteiger partial charge is 0.358 e. The van der Waals surface area contributed by atoms with E-state index in [0.717, 1.165) is 12.8 Å². The zero-order valence-electron chi connectivity index (χ0n) is 25.0.